The van der Waals surface area contributed by atoms with Gasteiger partial charge in [0.05, 0.1) is 0 Å². The first-order valence-electron chi connectivity index (χ1n) is 6.77. The summed E-state index contributed by atoms with van der Waals surface area (Å²) in [6.07, 6.45) is 2.88. The van der Waals surface area contributed by atoms with E-state index in [1.807, 2.05) is 24.9 Å². The van der Waals surface area contributed by atoms with Crippen molar-refractivity contribution in [3.63, 3.8) is 0 Å². The Balaban J connectivity index is 0.00000200. The number of carbonyl (C=O) groups excluding carboxylic acids is 1. The van der Waals surface area contributed by atoms with E-state index in [4.69, 9.17) is 5.73 Å². The molecule has 1 saturated heterocycles. The first-order valence-corrected chi connectivity index (χ1v) is 7.59. The summed E-state index contributed by atoms with van der Waals surface area (Å²) in [5.74, 6) is 0.358. The molecule has 20 heavy (non-hydrogen) atoms. The van der Waals surface area contributed by atoms with Crippen LogP contribution in [0.1, 0.15) is 25.1 Å². The highest BCUT2D eigenvalue weighted by molar-refractivity contribution is 7.15. The Kier molecular flexibility index (Phi) is 6.71. The fraction of sp³-hybridized carbons (Fsp3) is 0.692. The van der Waals surface area contributed by atoms with Crippen LogP contribution in [0, 0.1) is 5.92 Å². The molecule has 1 aromatic rings. The molecule has 0 saturated carbocycles. The van der Waals surface area contributed by atoms with Crippen molar-refractivity contribution in [3.8, 4) is 0 Å². The molecule has 1 amide bonds. The summed E-state index contributed by atoms with van der Waals surface area (Å²) < 4.78 is 0. The second kappa shape index (κ2) is 7.81. The number of hydrogen-bond acceptors (Lipinski definition) is 5. The number of thiazole rings is 1. The third kappa shape index (κ3) is 4.61. The normalized spacial score (nSPS) is 16.9. The lowest BCUT2D eigenvalue weighted by Crippen LogP contribution is -2.37. The van der Waals surface area contributed by atoms with Crippen LogP contribution in [0.15, 0.2) is 6.20 Å². The molecule has 0 spiro atoms. The molecule has 0 aliphatic carbocycles. The molecule has 0 radical (unpaired) electrons. The highest BCUT2D eigenvalue weighted by atomic mass is 35.5. The quantitative estimate of drug-likeness (QED) is 0.923. The summed E-state index contributed by atoms with van der Waals surface area (Å²) in [5, 5.41) is 0.626. The first-order chi connectivity index (χ1) is 9.06. The van der Waals surface area contributed by atoms with E-state index in [1.165, 1.54) is 4.88 Å². The van der Waals surface area contributed by atoms with Crippen molar-refractivity contribution in [2.45, 2.75) is 26.8 Å². The Morgan fingerprint density at radius 2 is 2.15 bits per heavy atom. The van der Waals surface area contributed by atoms with Crippen molar-refractivity contribution in [3.05, 3.63) is 11.1 Å². The zero-order chi connectivity index (χ0) is 13.8. The van der Waals surface area contributed by atoms with Crippen molar-refractivity contribution in [2.75, 3.05) is 31.9 Å². The van der Waals surface area contributed by atoms with Crippen LogP contribution in [-0.2, 0) is 11.3 Å². The molecule has 1 aromatic heterocycles. The fourth-order valence-corrected chi connectivity index (χ4v) is 3.06. The van der Waals surface area contributed by atoms with Gasteiger partial charge in [-0.05, 0) is 6.42 Å². The van der Waals surface area contributed by atoms with Crippen LogP contribution in [0.5, 0.6) is 0 Å². The first kappa shape index (κ1) is 17.2. The van der Waals surface area contributed by atoms with Gasteiger partial charge in [-0.25, -0.2) is 4.98 Å². The Hall–Kier alpha value is -0.850. The third-order valence-electron chi connectivity index (χ3n) is 3.34. The Morgan fingerprint density at radius 1 is 1.40 bits per heavy atom. The number of nitrogens with two attached hydrogens (primary N) is 1. The zero-order valence-corrected chi connectivity index (χ0v) is 13.7. The molecular weight excluding hydrogens is 296 g/mol. The van der Waals surface area contributed by atoms with Crippen molar-refractivity contribution < 1.29 is 4.79 Å². The van der Waals surface area contributed by atoms with Crippen LogP contribution in [0.25, 0.3) is 0 Å². The van der Waals surface area contributed by atoms with E-state index in [9.17, 15) is 4.79 Å². The number of nitrogen functional groups attached to an aromatic ring is 1. The average molecular weight is 319 g/mol. The van der Waals surface area contributed by atoms with Gasteiger partial charge in [-0.3, -0.25) is 9.69 Å². The minimum atomic E-state index is 0. The van der Waals surface area contributed by atoms with Gasteiger partial charge in [0.25, 0.3) is 0 Å². The highest BCUT2D eigenvalue weighted by Gasteiger charge is 2.21. The van der Waals surface area contributed by atoms with E-state index in [-0.39, 0.29) is 24.2 Å². The van der Waals surface area contributed by atoms with Crippen LogP contribution in [0.2, 0.25) is 0 Å². The lowest BCUT2D eigenvalue weighted by molar-refractivity contribution is -0.134. The van der Waals surface area contributed by atoms with E-state index in [0.29, 0.717) is 5.13 Å². The van der Waals surface area contributed by atoms with Crippen LogP contribution in [-0.4, -0.2) is 46.9 Å². The molecule has 0 atom stereocenters. The minimum Gasteiger partial charge on any atom is -0.375 e. The molecule has 5 nitrogen and oxygen atoms in total. The number of nitrogens with zero attached hydrogens (tertiary/aromatic N) is 3. The number of carbonyl (C=O) groups is 1. The van der Waals surface area contributed by atoms with Crippen molar-refractivity contribution in [1.29, 1.82) is 0 Å². The summed E-state index contributed by atoms with van der Waals surface area (Å²) in [7, 11) is 0. The number of halogens is 1. The van der Waals surface area contributed by atoms with E-state index in [1.54, 1.807) is 11.3 Å². The van der Waals surface area contributed by atoms with Gasteiger partial charge in [-0.15, -0.1) is 23.7 Å². The molecule has 0 aromatic carbocycles. The maximum absolute atomic E-state index is 12.0. The van der Waals surface area contributed by atoms with E-state index in [2.05, 4.69) is 9.88 Å². The summed E-state index contributed by atoms with van der Waals surface area (Å²) in [6.45, 7) is 8.47. The largest absolute Gasteiger partial charge is 0.375 e. The average Bonchev–Trinajstić information content (AvgIpc) is 2.63. The lowest BCUT2D eigenvalue weighted by Gasteiger charge is -2.23. The fourth-order valence-electron chi connectivity index (χ4n) is 2.33. The topological polar surface area (TPSA) is 62.5 Å². The SMILES string of the molecule is CC(C)C(=O)N1CCCN(Cc2cnc(N)s2)CC1.Cl. The van der Waals surface area contributed by atoms with Crippen LogP contribution in [0.3, 0.4) is 0 Å². The smallest absolute Gasteiger partial charge is 0.225 e. The second-order valence-corrected chi connectivity index (χ2v) is 6.42. The van der Waals surface area contributed by atoms with Gasteiger partial charge in [0.2, 0.25) is 5.91 Å². The van der Waals surface area contributed by atoms with Crippen molar-refractivity contribution >= 4 is 34.8 Å². The maximum Gasteiger partial charge on any atom is 0.225 e. The van der Waals surface area contributed by atoms with E-state index >= 15 is 0 Å². The molecule has 2 rings (SSSR count). The summed E-state index contributed by atoms with van der Waals surface area (Å²) in [5.41, 5.74) is 5.65. The van der Waals surface area contributed by atoms with Crippen LogP contribution in [0.4, 0.5) is 5.13 Å². The number of aromatic nitrogens is 1. The number of rotatable bonds is 3. The summed E-state index contributed by atoms with van der Waals surface area (Å²) in [4.78, 5) is 21.6. The van der Waals surface area contributed by atoms with Gasteiger partial charge in [0.15, 0.2) is 5.13 Å². The zero-order valence-electron chi connectivity index (χ0n) is 12.0. The van der Waals surface area contributed by atoms with Gasteiger partial charge in [0, 0.05) is 49.7 Å². The number of hydrogen-bond donors (Lipinski definition) is 1. The van der Waals surface area contributed by atoms with Crippen molar-refractivity contribution in [2.24, 2.45) is 5.92 Å². The molecule has 1 aliphatic rings. The lowest BCUT2D eigenvalue weighted by atomic mass is 10.2. The number of anilines is 1. The summed E-state index contributed by atoms with van der Waals surface area (Å²) >= 11 is 1.54. The molecule has 1 fully saturated rings. The Labute approximate surface area is 130 Å². The maximum atomic E-state index is 12.0. The molecule has 0 bridgehead atoms. The van der Waals surface area contributed by atoms with Crippen LogP contribution >= 0.6 is 23.7 Å². The molecule has 2 N–H and O–H groups in total. The monoisotopic (exact) mass is 318 g/mol. The Bertz CT molecular complexity index is 438. The molecular formula is C13H23ClN4OS. The highest BCUT2D eigenvalue weighted by Crippen LogP contribution is 2.17. The standard InChI is InChI=1S/C13H22N4OS.ClH/c1-10(2)12(18)17-5-3-4-16(6-7-17)9-11-8-15-13(14)19-11;/h8,10H,3-7,9H2,1-2H3,(H2,14,15);1H. The molecule has 7 heteroatoms. The minimum absolute atomic E-state index is 0. The van der Waals surface area contributed by atoms with Crippen molar-refractivity contribution in [1.82, 2.24) is 14.8 Å². The van der Waals surface area contributed by atoms with Gasteiger partial charge >= 0.3 is 0 Å². The summed E-state index contributed by atoms with van der Waals surface area (Å²) in [6, 6.07) is 0. The predicted molar refractivity (Wildman–Crippen MR) is 85.1 cm³/mol. The van der Waals surface area contributed by atoms with E-state index < -0.39 is 0 Å². The molecule has 1 aliphatic heterocycles. The molecule has 2 heterocycles. The van der Waals surface area contributed by atoms with E-state index in [0.717, 1.165) is 39.1 Å². The molecule has 114 valence electrons. The van der Waals surface area contributed by atoms with Gasteiger partial charge in [-0.2, -0.15) is 0 Å². The third-order valence-corrected chi connectivity index (χ3v) is 4.16. The Morgan fingerprint density at radius 3 is 2.75 bits per heavy atom. The molecule has 0 unspecified atom stereocenters. The second-order valence-electron chi connectivity index (χ2n) is 5.27. The van der Waals surface area contributed by atoms with Gasteiger partial charge in [0.1, 0.15) is 0 Å². The van der Waals surface area contributed by atoms with Gasteiger partial charge in [-0.1, -0.05) is 13.8 Å². The predicted octanol–water partition coefficient (Wildman–Crippen LogP) is 1.84. The number of amides is 1. The van der Waals surface area contributed by atoms with Gasteiger partial charge < -0.3 is 10.6 Å². The van der Waals surface area contributed by atoms with Crippen LogP contribution < -0.4 is 5.73 Å².